The Kier molecular flexibility index (Phi) is 8.21. The summed E-state index contributed by atoms with van der Waals surface area (Å²) in [4.78, 5) is 22.2. The van der Waals surface area contributed by atoms with E-state index in [1.807, 2.05) is 0 Å². The average Bonchev–Trinajstić information content (AvgIpc) is 2.78. The van der Waals surface area contributed by atoms with Gasteiger partial charge >= 0.3 is 12.1 Å². The molecule has 172 valence electrons. The molecular weight excluding hydrogens is 501 g/mol. The summed E-state index contributed by atoms with van der Waals surface area (Å²) < 4.78 is 15.5. The van der Waals surface area contributed by atoms with Gasteiger partial charge in [0, 0.05) is 24.7 Å². The van der Waals surface area contributed by atoms with Gasteiger partial charge in [0.1, 0.15) is 6.07 Å². The lowest BCUT2D eigenvalue weighted by atomic mass is 10.1. The van der Waals surface area contributed by atoms with E-state index in [0.717, 1.165) is 6.54 Å². The van der Waals surface area contributed by atoms with E-state index >= 15 is 0 Å². The Morgan fingerprint density at radius 1 is 1.27 bits per heavy atom. The molecule has 12 nitrogen and oxygen atoms in total. The van der Waals surface area contributed by atoms with Gasteiger partial charge in [-0.15, -0.1) is 10.2 Å². The zero-order valence-electron chi connectivity index (χ0n) is 16.5. The molecule has 2 aromatic rings. The maximum Gasteiger partial charge on any atom is 0.412 e. The van der Waals surface area contributed by atoms with Gasteiger partial charge in [0.2, 0.25) is 11.6 Å². The number of nitrogens with zero attached hydrogens (tertiary/aromatic N) is 4. The number of hydrazone groups is 1. The Bertz CT molecular complexity index is 1130. The standard InChI is InChI=1S/C18H14Cl3N7O5/c19-10-3-8(25-26-12(6-22)17(29)33-18(23)30)4-11(20)15(10)32-14-5-9(16(21)28-27-14)13-7-24-1-2-31-13/h3-5,13,24-25H,1-2,7H2,(H2,23,30). The molecule has 1 amide bonds. The van der Waals surface area contributed by atoms with Crippen molar-refractivity contribution in [3.05, 3.63) is 39.0 Å². The lowest BCUT2D eigenvalue weighted by Gasteiger charge is -2.24. The number of nitrogens with two attached hydrogens (primary N) is 1. The smallest absolute Gasteiger partial charge is 0.412 e. The molecule has 1 saturated heterocycles. The quantitative estimate of drug-likeness (QED) is 0.225. The van der Waals surface area contributed by atoms with Crippen molar-refractivity contribution < 1.29 is 23.8 Å². The van der Waals surface area contributed by atoms with Crippen LogP contribution >= 0.6 is 34.8 Å². The molecule has 0 spiro atoms. The van der Waals surface area contributed by atoms with Crippen LogP contribution in [0.25, 0.3) is 0 Å². The van der Waals surface area contributed by atoms with Gasteiger partial charge in [-0.05, 0) is 12.1 Å². The number of hydrogen-bond acceptors (Lipinski definition) is 11. The van der Waals surface area contributed by atoms with Crippen LogP contribution in [0.1, 0.15) is 11.7 Å². The fourth-order valence-corrected chi connectivity index (χ4v) is 3.39. The second kappa shape index (κ2) is 11.1. The molecule has 1 aromatic carbocycles. The lowest BCUT2D eigenvalue weighted by molar-refractivity contribution is -0.129. The van der Waals surface area contributed by atoms with Gasteiger partial charge in [0.25, 0.3) is 0 Å². The van der Waals surface area contributed by atoms with E-state index in [4.69, 9.17) is 55.3 Å². The fraction of sp³-hybridized carbons (Fsp3) is 0.222. The largest absolute Gasteiger partial charge is 0.434 e. The van der Waals surface area contributed by atoms with E-state index in [-0.39, 0.29) is 38.6 Å². The average molecular weight is 515 g/mol. The van der Waals surface area contributed by atoms with Gasteiger partial charge in [-0.25, -0.2) is 9.59 Å². The van der Waals surface area contributed by atoms with Crippen LogP contribution < -0.4 is 21.2 Å². The molecule has 0 aliphatic carbocycles. The molecular formula is C18H14Cl3N7O5. The summed E-state index contributed by atoms with van der Waals surface area (Å²) in [5.74, 6) is -1.19. The Balaban J connectivity index is 1.78. The molecule has 2 heterocycles. The summed E-state index contributed by atoms with van der Waals surface area (Å²) in [5.41, 5.74) is 7.15. The molecule has 1 unspecified atom stereocenters. The van der Waals surface area contributed by atoms with E-state index in [1.165, 1.54) is 18.2 Å². The summed E-state index contributed by atoms with van der Waals surface area (Å²) in [6, 6.07) is 5.75. The number of hydrogen-bond donors (Lipinski definition) is 3. The zero-order valence-corrected chi connectivity index (χ0v) is 18.7. The molecule has 1 aliphatic heterocycles. The number of amides is 1. The molecule has 4 N–H and O–H groups in total. The monoisotopic (exact) mass is 513 g/mol. The number of rotatable bonds is 6. The Labute approximate surface area is 201 Å². The van der Waals surface area contributed by atoms with Crippen LogP contribution in [0.3, 0.4) is 0 Å². The minimum Gasteiger partial charge on any atom is -0.434 e. The first-order valence-corrected chi connectivity index (χ1v) is 10.2. The van der Waals surface area contributed by atoms with Crippen LogP contribution in [-0.4, -0.2) is 47.7 Å². The number of nitriles is 1. The van der Waals surface area contributed by atoms with E-state index < -0.39 is 17.8 Å². The molecule has 1 aliphatic rings. The zero-order chi connectivity index (χ0) is 24.0. The maximum absolute atomic E-state index is 11.5. The lowest BCUT2D eigenvalue weighted by Crippen LogP contribution is -2.33. The van der Waals surface area contributed by atoms with Crippen molar-refractivity contribution in [1.82, 2.24) is 15.5 Å². The van der Waals surface area contributed by atoms with Crippen molar-refractivity contribution in [2.45, 2.75) is 6.10 Å². The first kappa shape index (κ1) is 24.4. The van der Waals surface area contributed by atoms with E-state index in [2.05, 4.69) is 30.8 Å². The topological polar surface area (TPSA) is 174 Å². The van der Waals surface area contributed by atoms with E-state index in [9.17, 15) is 9.59 Å². The summed E-state index contributed by atoms with van der Waals surface area (Å²) >= 11 is 18.7. The van der Waals surface area contributed by atoms with Crippen LogP contribution in [0.15, 0.2) is 23.3 Å². The highest BCUT2D eigenvalue weighted by atomic mass is 35.5. The molecule has 0 bridgehead atoms. The van der Waals surface area contributed by atoms with Crippen molar-refractivity contribution in [3.8, 4) is 17.7 Å². The fourth-order valence-electron chi connectivity index (χ4n) is 2.62. The number of nitrogens with one attached hydrogen (secondary N) is 2. The molecule has 0 radical (unpaired) electrons. The maximum atomic E-state index is 11.5. The molecule has 1 fully saturated rings. The highest BCUT2D eigenvalue weighted by molar-refractivity contribution is 6.44. The Hall–Kier alpha value is -3.21. The van der Waals surface area contributed by atoms with Crippen LogP contribution in [0.5, 0.6) is 11.6 Å². The van der Waals surface area contributed by atoms with Crippen LogP contribution in [0.2, 0.25) is 15.2 Å². The van der Waals surface area contributed by atoms with Crippen molar-refractivity contribution in [1.29, 1.82) is 5.26 Å². The predicted octanol–water partition coefficient (Wildman–Crippen LogP) is 2.80. The van der Waals surface area contributed by atoms with Crippen LogP contribution in [0, 0.1) is 11.3 Å². The normalized spacial score (nSPS) is 15.9. The number of carbonyl (C=O) groups is 2. The van der Waals surface area contributed by atoms with E-state index in [0.29, 0.717) is 18.7 Å². The third-order valence-electron chi connectivity index (χ3n) is 4.02. The van der Waals surface area contributed by atoms with Gasteiger partial charge in [-0.3, -0.25) is 5.43 Å². The minimum absolute atomic E-state index is 0.0484. The number of primary amides is 1. The first-order chi connectivity index (χ1) is 15.8. The number of morpholine rings is 1. The summed E-state index contributed by atoms with van der Waals surface area (Å²) in [5, 5.41) is 23.7. The molecule has 15 heteroatoms. The molecule has 1 atom stereocenters. The summed E-state index contributed by atoms with van der Waals surface area (Å²) in [7, 11) is 0. The number of carbonyl (C=O) groups excluding carboxylic acids is 2. The molecule has 1 aromatic heterocycles. The number of aromatic nitrogens is 2. The van der Waals surface area contributed by atoms with Gasteiger partial charge < -0.3 is 25.3 Å². The summed E-state index contributed by atoms with van der Waals surface area (Å²) in [6.07, 6.45) is -1.70. The Morgan fingerprint density at radius 2 is 2.00 bits per heavy atom. The molecule has 33 heavy (non-hydrogen) atoms. The third-order valence-corrected chi connectivity index (χ3v) is 4.88. The van der Waals surface area contributed by atoms with Crippen LogP contribution in [0.4, 0.5) is 10.5 Å². The number of anilines is 1. The van der Waals surface area contributed by atoms with Gasteiger partial charge in [0.05, 0.1) is 28.4 Å². The number of ether oxygens (including phenoxy) is 3. The van der Waals surface area contributed by atoms with Crippen molar-refractivity contribution >= 4 is 58.3 Å². The van der Waals surface area contributed by atoms with Crippen molar-refractivity contribution in [2.24, 2.45) is 10.8 Å². The second-order valence-electron chi connectivity index (χ2n) is 6.26. The Morgan fingerprint density at radius 3 is 2.61 bits per heavy atom. The first-order valence-electron chi connectivity index (χ1n) is 9.06. The van der Waals surface area contributed by atoms with Gasteiger partial charge in [-0.2, -0.15) is 10.4 Å². The number of esters is 1. The molecule has 3 rings (SSSR count). The number of benzene rings is 1. The van der Waals surface area contributed by atoms with Crippen molar-refractivity contribution in [3.63, 3.8) is 0 Å². The molecule has 0 saturated carbocycles. The SMILES string of the molecule is N#CC(=NNc1cc(Cl)c(Oc2cc(C3CNCCO3)c(Cl)nn2)c(Cl)c1)C(=O)OC(N)=O. The van der Waals surface area contributed by atoms with Crippen LogP contribution in [-0.2, 0) is 14.3 Å². The van der Waals surface area contributed by atoms with E-state index in [1.54, 1.807) is 6.07 Å². The second-order valence-corrected chi connectivity index (χ2v) is 7.43. The summed E-state index contributed by atoms with van der Waals surface area (Å²) in [6.45, 7) is 1.79. The van der Waals surface area contributed by atoms with Gasteiger partial charge in [-0.1, -0.05) is 34.8 Å². The highest BCUT2D eigenvalue weighted by Crippen LogP contribution is 2.39. The predicted molar refractivity (Wildman–Crippen MR) is 117 cm³/mol. The highest BCUT2D eigenvalue weighted by Gasteiger charge is 2.22. The third kappa shape index (κ3) is 6.41. The minimum atomic E-state index is -1.38. The van der Waals surface area contributed by atoms with Gasteiger partial charge in [0.15, 0.2) is 10.9 Å². The number of halogens is 3. The van der Waals surface area contributed by atoms with Crippen molar-refractivity contribution in [2.75, 3.05) is 25.1 Å².